The predicted molar refractivity (Wildman–Crippen MR) is 66.9 cm³/mol. The minimum absolute atomic E-state index is 0.207. The van der Waals surface area contributed by atoms with Crippen LogP contribution in [0.2, 0.25) is 0 Å². The van der Waals surface area contributed by atoms with Gasteiger partial charge in [0, 0.05) is 5.69 Å². The fourth-order valence-corrected chi connectivity index (χ4v) is 1.39. The van der Waals surface area contributed by atoms with Crippen molar-refractivity contribution in [1.82, 2.24) is 10.3 Å². The van der Waals surface area contributed by atoms with Crippen molar-refractivity contribution in [2.24, 2.45) is 0 Å². The third-order valence-electron chi connectivity index (χ3n) is 2.95. The van der Waals surface area contributed by atoms with E-state index in [4.69, 9.17) is 0 Å². The van der Waals surface area contributed by atoms with E-state index in [1.54, 1.807) is 39.8 Å². The number of aliphatic hydroxyl groups is 1. The molecule has 0 saturated carbocycles. The quantitative estimate of drug-likeness (QED) is 0.837. The van der Waals surface area contributed by atoms with Gasteiger partial charge in [-0.25, -0.2) is 0 Å². The van der Waals surface area contributed by atoms with Crippen molar-refractivity contribution in [2.75, 3.05) is 0 Å². The highest BCUT2D eigenvalue weighted by atomic mass is 16.3. The zero-order valence-corrected chi connectivity index (χ0v) is 11.0. The van der Waals surface area contributed by atoms with E-state index >= 15 is 0 Å². The number of pyridine rings is 1. The van der Waals surface area contributed by atoms with Crippen molar-refractivity contribution in [1.29, 1.82) is 0 Å². The van der Waals surface area contributed by atoms with E-state index in [-0.39, 0.29) is 5.91 Å². The lowest BCUT2D eigenvalue weighted by atomic mass is 9.98. The van der Waals surface area contributed by atoms with Crippen LogP contribution in [0.3, 0.4) is 0 Å². The van der Waals surface area contributed by atoms with Gasteiger partial charge in [-0.3, -0.25) is 9.78 Å². The molecule has 4 heteroatoms. The molecule has 17 heavy (non-hydrogen) atoms. The number of hydrogen-bond acceptors (Lipinski definition) is 3. The van der Waals surface area contributed by atoms with Crippen LogP contribution >= 0.6 is 0 Å². The highest BCUT2D eigenvalue weighted by Gasteiger charge is 2.27. The average Bonchev–Trinajstić information content (AvgIpc) is 2.15. The van der Waals surface area contributed by atoms with Gasteiger partial charge in [0.05, 0.1) is 22.9 Å². The van der Waals surface area contributed by atoms with E-state index in [1.165, 1.54) is 0 Å². The van der Waals surface area contributed by atoms with Crippen LogP contribution in [0, 0.1) is 13.8 Å². The number of rotatable bonds is 3. The van der Waals surface area contributed by atoms with E-state index < -0.39 is 11.6 Å². The Labute approximate surface area is 102 Å². The van der Waals surface area contributed by atoms with Crippen LogP contribution in [0.4, 0.5) is 0 Å². The van der Waals surface area contributed by atoms with Crippen LogP contribution in [0.1, 0.15) is 42.5 Å². The standard InChI is InChI=1S/C13H20N2O2/c1-8-6-7-11(9(2)14-8)12(17)15-13(4,5)10(3)16/h6-7,10,16H,1-5H3,(H,15,17). The average molecular weight is 236 g/mol. The third kappa shape index (κ3) is 3.27. The fraction of sp³-hybridized carbons (Fsp3) is 0.538. The zero-order valence-electron chi connectivity index (χ0n) is 11.0. The van der Waals surface area contributed by atoms with Crippen molar-refractivity contribution >= 4 is 5.91 Å². The number of aryl methyl sites for hydroxylation is 2. The van der Waals surface area contributed by atoms with Gasteiger partial charge < -0.3 is 10.4 Å². The molecule has 0 radical (unpaired) electrons. The molecule has 1 unspecified atom stereocenters. The molecule has 0 bridgehead atoms. The molecule has 0 saturated heterocycles. The van der Waals surface area contributed by atoms with Gasteiger partial charge in [-0.05, 0) is 46.8 Å². The van der Waals surface area contributed by atoms with E-state index in [1.807, 2.05) is 6.92 Å². The first-order valence-corrected chi connectivity index (χ1v) is 5.69. The van der Waals surface area contributed by atoms with E-state index in [2.05, 4.69) is 10.3 Å². The zero-order chi connectivity index (χ0) is 13.2. The molecule has 0 fully saturated rings. The predicted octanol–water partition coefficient (Wildman–Crippen LogP) is 1.59. The number of aliphatic hydroxyl groups excluding tert-OH is 1. The van der Waals surface area contributed by atoms with Crippen LogP contribution in [0.25, 0.3) is 0 Å². The maximum Gasteiger partial charge on any atom is 0.253 e. The Balaban J connectivity index is 2.91. The topological polar surface area (TPSA) is 62.2 Å². The maximum absolute atomic E-state index is 12.0. The van der Waals surface area contributed by atoms with Gasteiger partial charge in [0.15, 0.2) is 0 Å². The molecule has 1 rings (SSSR count). The molecule has 1 amide bonds. The summed E-state index contributed by atoms with van der Waals surface area (Å²) in [5, 5.41) is 12.4. The number of carbonyl (C=O) groups is 1. The van der Waals surface area contributed by atoms with E-state index in [0.29, 0.717) is 11.3 Å². The van der Waals surface area contributed by atoms with Gasteiger partial charge in [-0.1, -0.05) is 0 Å². The Bertz CT molecular complexity index is 425. The summed E-state index contributed by atoms with van der Waals surface area (Å²) in [6.45, 7) is 8.91. The smallest absolute Gasteiger partial charge is 0.253 e. The second-order valence-corrected chi connectivity index (χ2v) is 4.94. The van der Waals surface area contributed by atoms with Gasteiger partial charge in [0.1, 0.15) is 0 Å². The summed E-state index contributed by atoms with van der Waals surface area (Å²) in [7, 11) is 0. The van der Waals surface area contributed by atoms with Crippen molar-refractivity contribution in [3.63, 3.8) is 0 Å². The monoisotopic (exact) mass is 236 g/mol. The maximum atomic E-state index is 12.0. The molecule has 4 nitrogen and oxygen atoms in total. The number of hydrogen-bond donors (Lipinski definition) is 2. The summed E-state index contributed by atoms with van der Waals surface area (Å²) in [5.41, 5.74) is 1.47. The molecular formula is C13H20N2O2. The number of carbonyl (C=O) groups excluding carboxylic acids is 1. The van der Waals surface area contributed by atoms with E-state index in [0.717, 1.165) is 5.69 Å². The SMILES string of the molecule is Cc1ccc(C(=O)NC(C)(C)C(C)O)c(C)n1. The normalized spacial score (nSPS) is 13.3. The van der Waals surface area contributed by atoms with Gasteiger partial charge in [-0.15, -0.1) is 0 Å². The molecule has 1 heterocycles. The molecule has 1 aromatic rings. The molecule has 0 aliphatic rings. The molecule has 1 atom stereocenters. The molecule has 1 aromatic heterocycles. The van der Waals surface area contributed by atoms with Crippen molar-refractivity contribution in [3.8, 4) is 0 Å². The van der Waals surface area contributed by atoms with Crippen LogP contribution in [0.15, 0.2) is 12.1 Å². The second kappa shape index (κ2) is 4.84. The largest absolute Gasteiger partial charge is 0.391 e. The molecule has 0 spiro atoms. The summed E-state index contributed by atoms with van der Waals surface area (Å²) in [6, 6.07) is 3.56. The minimum atomic E-state index is -0.658. The van der Waals surface area contributed by atoms with Crippen molar-refractivity contribution in [2.45, 2.75) is 46.3 Å². The molecule has 94 valence electrons. The second-order valence-electron chi connectivity index (χ2n) is 4.94. The van der Waals surface area contributed by atoms with Crippen molar-refractivity contribution < 1.29 is 9.90 Å². The summed E-state index contributed by atoms with van der Waals surface area (Å²) in [5.74, 6) is -0.207. The van der Waals surface area contributed by atoms with Crippen LogP contribution < -0.4 is 5.32 Å². The summed E-state index contributed by atoms with van der Waals surface area (Å²) in [6.07, 6.45) is -0.620. The summed E-state index contributed by atoms with van der Waals surface area (Å²) in [4.78, 5) is 16.3. The first kappa shape index (κ1) is 13.6. The first-order valence-electron chi connectivity index (χ1n) is 5.69. The highest BCUT2D eigenvalue weighted by molar-refractivity contribution is 5.95. The molecule has 0 aliphatic carbocycles. The Morgan fingerprint density at radius 1 is 1.41 bits per heavy atom. The number of aromatic nitrogens is 1. The molecular weight excluding hydrogens is 216 g/mol. The van der Waals surface area contributed by atoms with Crippen LogP contribution in [-0.2, 0) is 0 Å². The molecule has 0 aromatic carbocycles. The summed E-state index contributed by atoms with van der Waals surface area (Å²) >= 11 is 0. The van der Waals surface area contributed by atoms with Gasteiger partial charge in [-0.2, -0.15) is 0 Å². The Morgan fingerprint density at radius 2 is 2.00 bits per heavy atom. The fourth-order valence-electron chi connectivity index (χ4n) is 1.39. The Morgan fingerprint density at radius 3 is 2.47 bits per heavy atom. The summed E-state index contributed by atoms with van der Waals surface area (Å²) < 4.78 is 0. The Hall–Kier alpha value is -1.42. The number of amides is 1. The van der Waals surface area contributed by atoms with E-state index in [9.17, 15) is 9.90 Å². The first-order chi connectivity index (χ1) is 7.74. The third-order valence-corrected chi connectivity index (χ3v) is 2.95. The minimum Gasteiger partial charge on any atom is -0.391 e. The van der Waals surface area contributed by atoms with Gasteiger partial charge in [0.2, 0.25) is 0 Å². The van der Waals surface area contributed by atoms with Gasteiger partial charge in [0.25, 0.3) is 5.91 Å². The lowest BCUT2D eigenvalue weighted by Gasteiger charge is -2.29. The lowest BCUT2D eigenvalue weighted by molar-refractivity contribution is 0.0708. The highest BCUT2D eigenvalue weighted by Crippen LogP contribution is 2.12. The van der Waals surface area contributed by atoms with Crippen LogP contribution in [-0.4, -0.2) is 27.6 Å². The lowest BCUT2D eigenvalue weighted by Crippen LogP contribution is -2.51. The molecule has 0 aliphatic heterocycles. The van der Waals surface area contributed by atoms with Crippen molar-refractivity contribution in [3.05, 3.63) is 29.1 Å². The molecule has 2 N–H and O–H groups in total. The van der Waals surface area contributed by atoms with Gasteiger partial charge >= 0.3 is 0 Å². The van der Waals surface area contributed by atoms with Crippen LogP contribution in [0.5, 0.6) is 0 Å². The number of nitrogens with zero attached hydrogens (tertiary/aromatic N) is 1. The Kier molecular flexibility index (Phi) is 3.88. The number of nitrogens with one attached hydrogen (secondary N) is 1.